The standard InChI is InChI=1S/C12H13N7O2/c1-2-21-12-10-18-17-9(19(10)4-3-14-12)6-15-11(20)8-5-13-7-16-8/h3-5,7H,2,6H2,1H3,(H,13,16)(H,15,20). The van der Waals surface area contributed by atoms with Crippen LogP contribution >= 0.6 is 0 Å². The third kappa shape index (κ3) is 2.53. The van der Waals surface area contributed by atoms with E-state index in [1.54, 1.807) is 16.8 Å². The lowest BCUT2D eigenvalue weighted by Gasteiger charge is -2.04. The zero-order chi connectivity index (χ0) is 14.7. The number of ether oxygens (including phenoxy) is 1. The second-order valence-electron chi connectivity index (χ2n) is 4.12. The number of fused-ring (bicyclic) bond motifs is 1. The Morgan fingerprint density at radius 2 is 2.38 bits per heavy atom. The monoisotopic (exact) mass is 287 g/mol. The first-order valence-corrected chi connectivity index (χ1v) is 6.37. The Morgan fingerprint density at radius 3 is 3.14 bits per heavy atom. The van der Waals surface area contributed by atoms with E-state index in [-0.39, 0.29) is 12.5 Å². The fourth-order valence-corrected chi connectivity index (χ4v) is 1.85. The predicted octanol–water partition coefficient (Wildman–Crippen LogP) is 0.176. The summed E-state index contributed by atoms with van der Waals surface area (Å²) < 4.78 is 7.11. The van der Waals surface area contributed by atoms with Gasteiger partial charge in [0.2, 0.25) is 5.65 Å². The molecule has 21 heavy (non-hydrogen) atoms. The van der Waals surface area contributed by atoms with Crippen LogP contribution in [0.15, 0.2) is 24.9 Å². The summed E-state index contributed by atoms with van der Waals surface area (Å²) in [6.45, 7) is 2.59. The number of nitrogens with zero attached hydrogens (tertiary/aromatic N) is 5. The SMILES string of the molecule is CCOc1nccn2c(CNC(=O)c3cnc[nH]3)nnc12. The van der Waals surface area contributed by atoms with Gasteiger partial charge in [-0.15, -0.1) is 10.2 Å². The van der Waals surface area contributed by atoms with Crippen LogP contribution in [0, 0.1) is 0 Å². The number of H-pyrrole nitrogens is 1. The molecule has 0 aromatic carbocycles. The van der Waals surface area contributed by atoms with Gasteiger partial charge < -0.3 is 15.0 Å². The molecular formula is C12H13N7O2. The van der Waals surface area contributed by atoms with Crippen molar-refractivity contribution >= 4 is 11.6 Å². The summed E-state index contributed by atoms with van der Waals surface area (Å²) in [5.74, 6) is 0.739. The highest BCUT2D eigenvalue weighted by atomic mass is 16.5. The molecule has 9 heteroatoms. The minimum absolute atomic E-state index is 0.231. The normalized spacial score (nSPS) is 10.7. The molecule has 0 spiro atoms. The van der Waals surface area contributed by atoms with Gasteiger partial charge in [-0.3, -0.25) is 9.20 Å². The molecule has 3 rings (SSSR count). The minimum Gasteiger partial charge on any atom is -0.475 e. The van der Waals surface area contributed by atoms with Crippen molar-refractivity contribution in [3.8, 4) is 5.88 Å². The lowest BCUT2D eigenvalue weighted by molar-refractivity contribution is 0.0945. The van der Waals surface area contributed by atoms with Crippen LogP contribution in [0.25, 0.3) is 5.65 Å². The molecule has 0 unspecified atom stereocenters. The molecule has 3 aromatic heterocycles. The zero-order valence-electron chi connectivity index (χ0n) is 11.3. The fraction of sp³-hybridized carbons (Fsp3) is 0.250. The van der Waals surface area contributed by atoms with Crippen molar-refractivity contribution in [2.75, 3.05) is 6.61 Å². The van der Waals surface area contributed by atoms with Crippen molar-refractivity contribution in [1.29, 1.82) is 0 Å². The van der Waals surface area contributed by atoms with Gasteiger partial charge in [0.05, 0.1) is 25.7 Å². The number of carbonyl (C=O) groups excluding carboxylic acids is 1. The average Bonchev–Trinajstić information content (AvgIpc) is 3.15. The van der Waals surface area contributed by atoms with Gasteiger partial charge in [0.25, 0.3) is 11.8 Å². The summed E-state index contributed by atoms with van der Waals surface area (Å²) in [6.07, 6.45) is 6.22. The molecule has 0 saturated heterocycles. The highest BCUT2D eigenvalue weighted by Gasteiger charge is 2.13. The minimum atomic E-state index is -0.261. The molecule has 9 nitrogen and oxygen atoms in total. The van der Waals surface area contributed by atoms with Gasteiger partial charge >= 0.3 is 0 Å². The lowest BCUT2D eigenvalue weighted by atomic mass is 10.4. The predicted molar refractivity (Wildman–Crippen MR) is 71.7 cm³/mol. The number of amides is 1. The topological polar surface area (TPSA) is 110 Å². The first-order valence-electron chi connectivity index (χ1n) is 6.37. The maximum Gasteiger partial charge on any atom is 0.269 e. The molecule has 1 amide bonds. The Morgan fingerprint density at radius 1 is 1.48 bits per heavy atom. The smallest absolute Gasteiger partial charge is 0.269 e. The number of nitrogens with one attached hydrogen (secondary N) is 2. The summed E-state index contributed by atoms with van der Waals surface area (Å²) in [5, 5.41) is 10.8. The van der Waals surface area contributed by atoms with E-state index in [0.717, 1.165) is 0 Å². The number of rotatable bonds is 5. The summed E-state index contributed by atoms with van der Waals surface area (Å²) in [6, 6.07) is 0. The number of hydrogen-bond donors (Lipinski definition) is 2. The van der Waals surface area contributed by atoms with Gasteiger partial charge in [0, 0.05) is 12.4 Å². The third-order valence-corrected chi connectivity index (χ3v) is 2.80. The highest BCUT2D eigenvalue weighted by molar-refractivity contribution is 5.91. The van der Waals surface area contributed by atoms with E-state index in [9.17, 15) is 4.79 Å². The zero-order valence-corrected chi connectivity index (χ0v) is 11.3. The van der Waals surface area contributed by atoms with E-state index in [1.807, 2.05) is 6.92 Å². The number of aromatic amines is 1. The molecule has 0 saturated carbocycles. The van der Waals surface area contributed by atoms with Crippen LogP contribution in [0.4, 0.5) is 0 Å². The fourth-order valence-electron chi connectivity index (χ4n) is 1.85. The van der Waals surface area contributed by atoms with Crippen LogP contribution in [0.5, 0.6) is 5.88 Å². The van der Waals surface area contributed by atoms with E-state index >= 15 is 0 Å². The Hall–Kier alpha value is -2.97. The number of hydrogen-bond acceptors (Lipinski definition) is 6. The molecule has 0 bridgehead atoms. The molecule has 0 aliphatic carbocycles. The van der Waals surface area contributed by atoms with Crippen molar-refractivity contribution in [1.82, 2.24) is 34.9 Å². The van der Waals surface area contributed by atoms with Gasteiger partial charge in [-0.05, 0) is 6.92 Å². The molecule has 2 N–H and O–H groups in total. The first-order chi connectivity index (χ1) is 10.3. The molecule has 0 fully saturated rings. The molecule has 0 radical (unpaired) electrons. The molecule has 0 aliphatic heterocycles. The Labute approximate surface area is 119 Å². The van der Waals surface area contributed by atoms with Crippen molar-refractivity contribution in [2.45, 2.75) is 13.5 Å². The van der Waals surface area contributed by atoms with Gasteiger partial charge in [-0.2, -0.15) is 0 Å². The maximum absolute atomic E-state index is 11.8. The Balaban J connectivity index is 1.79. The molecule has 3 heterocycles. The van der Waals surface area contributed by atoms with Gasteiger partial charge in [-0.25, -0.2) is 9.97 Å². The van der Waals surface area contributed by atoms with E-state index in [2.05, 4.69) is 30.5 Å². The average molecular weight is 287 g/mol. The number of imidazole rings is 1. The van der Waals surface area contributed by atoms with Crippen LogP contribution in [0.1, 0.15) is 23.2 Å². The quantitative estimate of drug-likeness (QED) is 0.692. The van der Waals surface area contributed by atoms with Crippen molar-refractivity contribution in [2.24, 2.45) is 0 Å². The van der Waals surface area contributed by atoms with Crippen LogP contribution in [0.3, 0.4) is 0 Å². The van der Waals surface area contributed by atoms with Crippen LogP contribution in [-0.2, 0) is 6.54 Å². The largest absolute Gasteiger partial charge is 0.475 e. The van der Waals surface area contributed by atoms with E-state index in [0.29, 0.717) is 29.7 Å². The first kappa shape index (κ1) is 13.0. The van der Waals surface area contributed by atoms with E-state index in [4.69, 9.17) is 4.74 Å². The van der Waals surface area contributed by atoms with E-state index < -0.39 is 0 Å². The molecule has 0 atom stereocenters. The van der Waals surface area contributed by atoms with Gasteiger partial charge in [0.1, 0.15) is 5.69 Å². The van der Waals surface area contributed by atoms with Crippen LogP contribution < -0.4 is 10.1 Å². The third-order valence-electron chi connectivity index (χ3n) is 2.80. The highest BCUT2D eigenvalue weighted by Crippen LogP contribution is 2.14. The van der Waals surface area contributed by atoms with Crippen molar-refractivity contribution in [3.05, 3.63) is 36.4 Å². The van der Waals surface area contributed by atoms with Gasteiger partial charge in [-0.1, -0.05) is 0 Å². The molecule has 3 aromatic rings. The van der Waals surface area contributed by atoms with Crippen LogP contribution in [-0.4, -0.2) is 42.1 Å². The second-order valence-corrected chi connectivity index (χ2v) is 4.12. The summed E-state index contributed by atoms with van der Waals surface area (Å²) in [5.41, 5.74) is 0.908. The Kier molecular flexibility index (Phi) is 3.46. The summed E-state index contributed by atoms with van der Waals surface area (Å²) in [7, 11) is 0. The number of carbonyl (C=O) groups is 1. The van der Waals surface area contributed by atoms with E-state index in [1.165, 1.54) is 12.5 Å². The molecular weight excluding hydrogens is 274 g/mol. The summed E-state index contributed by atoms with van der Waals surface area (Å²) in [4.78, 5) is 22.5. The Bertz CT molecular complexity index is 750. The number of aromatic nitrogens is 6. The summed E-state index contributed by atoms with van der Waals surface area (Å²) >= 11 is 0. The molecule has 108 valence electrons. The molecule has 0 aliphatic rings. The maximum atomic E-state index is 11.8. The van der Waals surface area contributed by atoms with Crippen LogP contribution in [0.2, 0.25) is 0 Å². The van der Waals surface area contributed by atoms with Crippen molar-refractivity contribution in [3.63, 3.8) is 0 Å². The second kappa shape index (κ2) is 5.57. The van der Waals surface area contributed by atoms with Gasteiger partial charge in [0.15, 0.2) is 5.82 Å². The van der Waals surface area contributed by atoms with Crippen molar-refractivity contribution < 1.29 is 9.53 Å². The lowest BCUT2D eigenvalue weighted by Crippen LogP contribution is -2.24.